The van der Waals surface area contributed by atoms with Gasteiger partial charge >= 0.3 is 0 Å². The van der Waals surface area contributed by atoms with E-state index in [0.717, 1.165) is 30.7 Å². The van der Waals surface area contributed by atoms with E-state index in [1.165, 1.54) is 6.42 Å². The fraction of sp³-hybridized carbons (Fsp3) is 0.750. The van der Waals surface area contributed by atoms with Crippen LogP contribution in [0, 0.1) is 12.8 Å². The summed E-state index contributed by atoms with van der Waals surface area (Å²) in [5, 5.41) is 7.16. The second-order valence-electron chi connectivity index (χ2n) is 3.83. The average molecular weight is 165 g/mol. The highest BCUT2D eigenvalue weighted by Crippen LogP contribution is 2.55. The van der Waals surface area contributed by atoms with Crippen molar-refractivity contribution in [1.82, 2.24) is 15.5 Å². The standard InChI is InChI=1S/C8H11N3O/c1-5-10-7(12-11-5)8-2-6(8)3-9-4-8/h6,9H,2-4H2,1H3/t6-,8+/m1/s1. The van der Waals surface area contributed by atoms with E-state index in [0.29, 0.717) is 0 Å². The van der Waals surface area contributed by atoms with Crippen LogP contribution >= 0.6 is 0 Å². The van der Waals surface area contributed by atoms with Gasteiger partial charge in [0.15, 0.2) is 5.82 Å². The van der Waals surface area contributed by atoms with Crippen LogP contribution < -0.4 is 5.32 Å². The number of nitrogens with zero attached hydrogens (tertiary/aromatic N) is 2. The molecule has 12 heavy (non-hydrogen) atoms. The maximum atomic E-state index is 5.19. The van der Waals surface area contributed by atoms with Crippen LogP contribution in [0.3, 0.4) is 0 Å². The van der Waals surface area contributed by atoms with Crippen molar-refractivity contribution in [2.45, 2.75) is 18.8 Å². The molecule has 0 spiro atoms. The number of rotatable bonds is 1. The third-order valence-corrected chi connectivity index (χ3v) is 3.02. The fourth-order valence-electron chi connectivity index (χ4n) is 2.17. The Morgan fingerprint density at radius 2 is 2.58 bits per heavy atom. The zero-order valence-electron chi connectivity index (χ0n) is 7.00. The maximum absolute atomic E-state index is 5.19. The van der Waals surface area contributed by atoms with Gasteiger partial charge in [-0.3, -0.25) is 0 Å². The van der Waals surface area contributed by atoms with Crippen molar-refractivity contribution in [2.24, 2.45) is 5.92 Å². The second-order valence-corrected chi connectivity index (χ2v) is 3.83. The lowest BCUT2D eigenvalue weighted by Crippen LogP contribution is -2.19. The summed E-state index contributed by atoms with van der Waals surface area (Å²) in [7, 11) is 0. The first-order valence-electron chi connectivity index (χ1n) is 4.33. The van der Waals surface area contributed by atoms with E-state index < -0.39 is 0 Å². The molecule has 1 aromatic heterocycles. The molecule has 0 radical (unpaired) electrons. The van der Waals surface area contributed by atoms with E-state index in [9.17, 15) is 0 Å². The Kier molecular flexibility index (Phi) is 1.03. The highest BCUT2D eigenvalue weighted by molar-refractivity contribution is 5.25. The summed E-state index contributed by atoms with van der Waals surface area (Å²) in [6, 6.07) is 0. The molecule has 0 amide bonds. The zero-order valence-corrected chi connectivity index (χ0v) is 7.00. The third kappa shape index (κ3) is 0.659. The van der Waals surface area contributed by atoms with E-state index in [1.807, 2.05) is 6.92 Å². The van der Waals surface area contributed by atoms with Gasteiger partial charge in [0.05, 0.1) is 5.41 Å². The maximum Gasteiger partial charge on any atom is 0.234 e. The first-order valence-corrected chi connectivity index (χ1v) is 4.33. The molecule has 2 atom stereocenters. The van der Waals surface area contributed by atoms with Crippen molar-refractivity contribution in [3.63, 3.8) is 0 Å². The number of piperidine rings is 1. The molecule has 1 aliphatic carbocycles. The largest absolute Gasteiger partial charge is 0.339 e. The summed E-state index contributed by atoms with van der Waals surface area (Å²) in [6.45, 7) is 3.99. The predicted molar refractivity (Wildman–Crippen MR) is 41.7 cm³/mol. The lowest BCUT2D eigenvalue weighted by atomic mass is 10.1. The Hall–Kier alpha value is -0.900. The number of aryl methyl sites for hydroxylation is 1. The van der Waals surface area contributed by atoms with Crippen molar-refractivity contribution in [1.29, 1.82) is 0 Å². The van der Waals surface area contributed by atoms with E-state index >= 15 is 0 Å². The van der Waals surface area contributed by atoms with Crippen molar-refractivity contribution in [3.05, 3.63) is 11.7 Å². The average Bonchev–Trinajstić information content (AvgIpc) is 2.50. The van der Waals surface area contributed by atoms with Gasteiger partial charge in [0, 0.05) is 6.54 Å². The van der Waals surface area contributed by atoms with Crippen molar-refractivity contribution < 1.29 is 4.52 Å². The normalized spacial score (nSPS) is 38.2. The van der Waals surface area contributed by atoms with E-state index in [-0.39, 0.29) is 5.41 Å². The minimum Gasteiger partial charge on any atom is -0.339 e. The Labute approximate surface area is 70.3 Å². The number of nitrogens with one attached hydrogen (secondary N) is 1. The molecule has 1 aromatic rings. The van der Waals surface area contributed by atoms with E-state index in [1.54, 1.807) is 0 Å². The monoisotopic (exact) mass is 165 g/mol. The van der Waals surface area contributed by atoms with Gasteiger partial charge in [0.1, 0.15) is 0 Å². The molecule has 1 N–H and O–H groups in total. The number of aromatic nitrogens is 2. The summed E-state index contributed by atoms with van der Waals surface area (Å²) < 4.78 is 5.19. The molecular weight excluding hydrogens is 154 g/mol. The van der Waals surface area contributed by atoms with E-state index in [4.69, 9.17) is 4.52 Å². The van der Waals surface area contributed by atoms with Gasteiger partial charge in [0.25, 0.3) is 0 Å². The molecule has 1 saturated heterocycles. The smallest absolute Gasteiger partial charge is 0.234 e. The molecule has 0 aromatic carbocycles. The molecule has 64 valence electrons. The van der Waals surface area contributed by atoms with Crippen LogP contribution in [0.2, 0.25) is 0 Å². The Morgan fingerprint density at radius 3 is 3.08 bits per heavy atom. The highest BCUT2D eigenvalue weighted by atomic mass is 16.5. The Bertz CT molecular complexity index is 322. The van der Waals surface area contributed by atoms with Crippen molar-refractivity contribution >= 4 is 0 Å². The molecule has 4 nitrogen and oxygen atoms in total. The van der Waals surface area contributed by atoms with Crippen molar-refractivity contribution in [3.8, 4) is 0 Å². The van der Waals surface area contributed by atoms with Gasteiger partial charge in [-0.25, -0.2) is 0 Å². The molecule has 3 rings (SSSR count). The minimum atomic E-state index is 0.223. The van der Waals surface area contributed by atoms with Crippen LogP contribution in [0.15, 0.2) is 4.52 Å². The Morgan fingerprint density at radius 1 is 1.67 bits per heavy atom. The summed E-state index contributed by atoms with van der Waals surface area (Å²) in [6.07, 6.45) is 1.22. The van der Waals surface area contributed by atoms with Gasteiger partial charge in [0.2, 0.25) is 5.89 Å². The first-order chi connectivity index (χ1) is 5.81. The van der Waals surface area contributed by atoms with Gasteiger partial charge in [-0.1, -0.05) is 5.16 Å². The van der Waals surface area contributed by atoms with Crippen molar-refractivity contribution in [2.75, 3.05) is 13.1 Å². The number of hydrogen-bond donors (Lipinski definition) is 1. The molecule has 1 saturated carbocycles. The van der Waals surface area contributed by atoms with Crippen LogP contribution in [-0.2, 0) is 5.41 Å². The van der Waals surface area contributed by atoms with Crippen LogP contribution in [0.1, 0.15) is 18.1 Å². The fourth-order valence-corrected chi connectivity index (χ4v) is 2.17. The second kappa shape index (κ2) is 1.88. The van der Waals surface area contributed by atoms with E-state index in [2.05, 4.69) is 15.5 Å². The topological polar surface area (TPSA) is 51.0 Å². The van der Waals surface area contributed by atoms with Crippen LogP contribution in [-0.4, -0.2) is 23.2 Å². The van der Waals surface area contributed by atoms with Gasteiger partial charge in [-0.15, -0.1) is 0 Å². The molecule has 2 aliphatic rings. The lowest BCUT2D eigenvalue weighted by molar-refractivity contribution is 0.343. The summed E-state index contributed by atoms with van der Waals surface area (Å²) in [5.74, 6) is 2.34. The molecule has 4 heteroatoms. The van der Waals surface area contributed by atoms with Crippen LogP contribution in [0.25, 0.3) is 0 Å². The summed E-state index contributed by atoms with van der Waals surface area (Å²) in [4.78, 5) is 4.29. The summed E-state index contributed by atoms with van der Waals surface area (Å²) >= 11 is 0. The third-order valence-electron chi connectivity index (χ3n) is 3.02. The highest BCUT2D eigenvalue weighted by Gasteiger charge is 2.62. The summed E-state index contributed by atoms with van der Waals surface area (Å²) in [5.41, 5.74) is 0.223. The van der Waals surface area contributed by atoms with Gasteiger partial charge in [-0.05, 0) is 25.8 Å². The Balaban J connectivity index is 1.99. The number of hydrogen-bond acceptors (Lipinski definition) is 4. The minimum absolute atomic E-state index is 0.223. The van der Waals surface area contributed by atoms with Gasteiger partial charge in [-0.2, -0.15) is 4.98 Å². The molecule has 1 aliphatic heterocycles. The number of fused-ring (bicyclic) bond motifs is 1. The molecule has 0 bridgehead atoms. The zero-order chi connectivity index (χ0) is 8.18. The lowest BCUT2D eigenvalue weighted by Gasteiger charge is -2.02. The molecule has 2 fully saturated rings. The molecular formula is C8H11N3O. The van der Waals surface area contributed by atoms with Crippen LogP contribution in [0.4, 0.5) is 0 Å². The quantitative estimate of drug-likeness (QED) is 0.647. The SMILES string of the molecule is Cc1noc([C@@]23CNC[C@H]2C3)n1. The predicted octanol–water partition coefficient (Wildman–Crippen LogP) is 0.239. The molecule has 2 heterocycles. The first kappa shape index (κ1) is 6.60. The molecule has 0 unspecified atom stereocenters. The van der Waals surface area contributed by atoms with Gasteiger partial charge < -0.3 is 9.84 Å². The van der Waals surface area contributed by atoms with Crippen LogP contribution in [0.5, 0.6) is 0 Å².